The fourth-order valence-electron chi connectivity index (χ4n) is 3.56. The summed E-state index contributed by atoms with van der Waals surface area (Å²) in [6, 6.07) is 17.8. The number of carbonyl (C=O) groups is 1. The number of anilines is 3. The lowest BCUT2D eigenvalue weighted by atomic mass is 10.2. The minimum Gasteiger partial charge on any atom is -0.445 e. The fraction of sp³-hybridized carbons (Fsp3) is 0.269. The minimum atomic E-state index is -0.509. The highest BCUT2D eigenvalue weighted by Gasteiger charge is 2.14. The van der Waals surface area contributed by atoms with Crippen molar-refractivity contribution in [1.29, 1.82) is 0 Å². The van der Waals surface area contributed by atoms with E-state index < -0.39 is 6.09 Å². The molecule has 3 heterocycles. The summed E-state index contributed by atoms with van der Waals surface area (Å²) in [5.41, 5.74) is 3.78. The molecule has 0 bridgehead atoms. The molecule has 1 aliphatic heterocycles. The van der Waals surface area contributed by atoms with Crippen LogP contribution in [0.1, 0.15) is 11.3 Å². The van der Waals surface area contributed by atoms with Crippen molar-refractivity contribution in [3.63, 3.8) is 0 Å². The van der Waals surface area contributed by atoms with Gasteiger partial charge in [-0.2, -0.15) is 0 Å². The molecule has 9 heteroatoms. The molecule has 1 fully saturated rings. The van der Waals surface area contributed by atoms with Crippen molar-refractivity contribution in [3.05, 3.63) is 84.7 Å². The first kappa shape index (κ1) is 24.6. The van der Waals surface area contributed by atoms with E-state index in [9.17, 15) is 4.79 Å². The number of carbonyl (C=O) groups excluding carboxylic acids is 1. The molecule has 0 aliphatic carbocycles. The van der Waals surface area contributed by atoms with Gasteiger partial charge in [0.1, 0.15) is 12.4 Å². The van der Waals surface area contributed by atoms with Gasteiger partial charge >= 0.3 is 6.09 Å². The van der Waals surface area contributed by atoms with Crippen molar-refractivity contribution in [2.75, 3.05) is 48.4 Å². The fourth-order valence-corrected chi connectivity index (χ4v) is 4.31. The number of rotatable bonds is 10. The molecule has 1 aromatic carbocycles. The maximum atomic E-state index is 11.8. The number of thioether (sulfide) groups is 1. The van der Waals surface area contributed by atoms with E-state index in [0.29, 0.717) is 12.2 Å². The monoisotopic (exact) mass is 491 g/mol. The number of aromatic nitrogens is 2. The van der Waals surface area contributed by atoms with E-state index in [1.54, 1.807) is 18.0 Å². The molecule has 2 N–H and O–H groups in total. The zero-order valence-electron chi connectivity index (χ0n) is 19.5. The Labute approximate surface area is 209 Å². The third-order valence-corrected chi connectivity index (χ3v) is 6.20. The summed E-state index contributed by atoms with van der Waals surface area (Å²) < 4.78 is 10.5. The van der Waals surface area contributed by atoms with Crippen LogP contribution in [0.4, 0.5) is 22.0 Å². The van der Waals surface area contributed by atoms with E-state index in [1.807, 2.05) is 42.5 Å². The number of pyridine rings is 2. The number of benzene rings is 1. The lowest BCUT2D eigenvalue weighted by Crippen LogP contribution is -2.36. The van der Waals surface area contributed by atoms with E-state index in [1.165, 1.54) is 6.08 Å². The predicted octanol–water partition coefficient (Wildman–Crippen LogP) is 4.95. The second kappa shape index (κ2) is 12.8. The number of nitrogens with one attached hydrogen (secondary N) is 2. The summed E-state index contributed by atoms with van der Waals surface area (Å²) in [6.45, 7) is 7.42. The summed E-state index contributed by atoms with van der Waals surface area (Å²) in [4.78, 5) is 23.4. The molecule has 0 atom stereocenters. The Balaban J connectivity index is 1.45. The van der Waals surface area contributed by atoms with Crippen molar-refractivity contribution in [2.45, 2.75) is 17.3 Å². The van der Waals surface area contributed by atoms with Gasteiger partial charge in [0.15, 0.2) is 0 Å². The van der Waals surface area contributed by atoms with Crippen molar-refractivity contribution in [2.24, 2.45) is 0 Å². The summed E-state index contributed by atoms with van der Waals surface area (Å²) >= 11 is 1.66. The number of amides is 1. The first-order valence-corrected chi connectivity index (χ1v) is 12.4. The zero-order chi connectivity index (χ0) is 24.3. The van der Waals surface area contributed by atoms with Crippen LogP contribution in [0.3, 0.4) is 0 Å². The van der Waals surface area contributed by atoms with Gasteiger partial charge in [-0.25, -0.2) is 14.8 Å². The largest absolute Gasteiger partial charge is 0.445 e. The number of hydrogen-bond acceptors (Lipinski definition) is 8. The van der Waals surface area contributed by atoms with Gasteiger partial charge in [0.25, 0.3) is 0 Å². The Hall–Kier alpha value is -3.56. The van der Waals surface area contributed by atoms with Crippen molar-refractivity contribution < 1.29 is 14.3 Å². The molecule has 1 amide bonds. The topological polar surface area (TPSA) is 88.6 Å². The first-order valence-electron chi connectivity index (χ1n) is 11.4. The van der Waals surface area contributed by atoms with Crippen molar-refractivity contribution in [1.82, 2.24) is 9.97 Å². The van der Waals surface area contributed by atoms with E-state index in [-0.39, 0.29) is 6.61 Å². The van der Waals surface area contributed by atoms with Crippen LogP contribution < -0.4 is 15.5 Å². The Morgan fingerprint density at radius 2 is 2.06 bits per heavy atom. The van der Waals surface area contributed by atoms with Gasteiger partial charge in [0.2, 0.25) is 0 Å². The minimum absolute atomic E-state index is 0.166. The van der Waals surface area contributed by atoms with Gasteiger partial charge < -0.3 is 19.7 Å². The first-order chi connectivity index (χ1) is 17.2. The molecule has 0 saturated carbocycles. The van der Waals surface area contributed by atoms with E-state index >= 15 is 0 Å². The Kier molecular flexibility index (Phi) is 8.97. The number of nitrogens with zero attached hydrogens (tertiary/aromatic N) is 3. The standard InChI is InChI=1S/C26H29N5O3S/c1-2-12-34-26(32)30-21-7-5-6-20(15-21)18-28-24-17-23(31-10-13-33-14-11-31)16-22(29-24)19-35-25-8-3-4-9-27-25/h2-9,15-17H,1,10-14,18-19H2,(H,28,29)(H,30,32). The lowest BCUT2D eigenvalue weighted by Gasteiger charge is -2.29. The van der Waals surface area contributed by atoms with Gasteiger partial charge in [0, 0.05) is 49.0 Å². The van der Waals surface area contributed by atoms with Crippen molar-refractivity contribution >= 4 is 35.0 Å². The van der Waals surface area contributed by atoms with Crippen LogP contribution in [0.2, 0.25) is 0 Å². The smallest absolute Gasteiger partial charge is 0.411 e. The molecule has 35 heavy (non-hydrogen) atoms. The predicted molar refractivity (Wildman–Crippen MR) is 140 cm³/mol. The molecule has 8 nitrogen and oxygen atoms in total. The van der Waals surface area contributed by atoms with Crippen LogP contribution in [0.25, 0.3) is 0 Å². The summed E-state index contributed by atoms with van der Waals surface area (Å²) in [5.74, 6) is 1.52. The average Bonchev–Trinajstić information content (AvgIpc) is 2.91. The number of morpholine rings is 1. The quantitative estimate of drug-likeness (QED) is 0.304. The summed E-state index contributed by atoms with van der Waals surface area (Å²) in [7, 11) is 0. The molecule has 1 aliphatic rings. The Morgan fingerprint density at radius 1 is 1.17 bits per heavy atom. The van der Waals surface area contributed by atoms with Gasteiger partial charge in [0.05, 0.1) is 23.9 Å². The van der Waals surface area contributed by atoms with Gasteiger partial charge in [-0.3, -0.25) is 5.32 Å². The van der Waals surface area contributed by atoms with E-state index in [4.69, 9.17) is 14.5 Å². The van der Waals surface area contributed by atoms with Crippen LogP contribution in [0, 0.1) is 0 Å². The van der Waals surface area contributed by atoms with Crippen LogP contribution in [-0.4, -0.2) is 49.0 Å². The van der Waals surface area contributed by atoms with Crippen molar-refractivity contribution in [3.8, 4) is 0 Å². The molecule has 4 rings (SSSR count). The number of ether oxygens (including phenoxy) is 2. The van der Waals surface area contributed by atoms with Gasteiger partial charge in [-0.15, -0.1) is 11.8 Å². The molecule has 0 radical (unpaired) electrons. The maximum Gasteiger partial charge on any atom is 0.411 e. The SMILES string of the molecule is C=CCOC(=O)Nc1cccc(CNc2cc(N3CCOCC3)cc(CSc3ccccn3)n2)c1. The zero-order valence-corrected chi connectivity index (χ0v) is 20.3. The highest BCUT2D eigenvalue weighted by atomic mass is 32.2. The van der Waals surface area contributed by atoms with Gasteiger partial charge in [-0.1, -0.05) is 30.9 Å². The van der Waals surface area contributed by atoms with E-state index in [0.717, 1.165) is 59.8 Å². The normalized spacial score (nSPS) is 13.2. The van der Waals surface area contributed by atoms with E-state index in [2.05, 4.69) is 39.2 Å². The van der Waals surface area contributed by atoms with Crippen LogP contribution in [0.15, 0.2) is 78.5 Å². The molecular weight excluding hydrogens is 462 g/mol. The molecule has 3 aromatic rings. The molecular formula is C26H29N5O3S. The number of hydrogen-bond donors (Lipinski definition) is 2. The third kappa shape index (κ3) is 7.73. The Bertz CT molecular complexity index is 1120. The Morgan fingerprint density at radius 3 is 2.86 bits per heavy atom. The maximum absolute atomic E-state index is 11.8. The van der Waals surface area contributed by atoms with Crippen LogP contribution in [0.5, 0.6) is 0 Å². The second-order valence-corrected chi connectivity index (χ2v) is 8.82. The molecule has 0 unspecified atom stereocenters. The summed E-state index contributed by atoms with van der Waals surface area (Å²) in [5, 5.41) is 7.14. The average molecular weight is 492 g/mol. The lowest BCUT2D eigenvalue weighted by molar-refractivity contribution is 0.122. The highest BCUT2D eigenvalue weighted by molar-refractivity contribution is 7.98. The highest BCUT2D eigenvalue weighted by Crippen LogP contribution is 2.26. The van der Waals surface area contributed by atoms with Crippen LogP contribution in [-0.2, 0) is 21.8 Å². The van der Waals surface area contributed by atoms with Crippen LogP contribution >= 0.6 is 11.8 Å². The third-order valence-electron chi connectivity index (χ3n) is 5.22. The van der Waals surface area contributed by atoms with Gasteiger partial charge in [-0.05, 0) is 35.9 Å². The summed E-state index contributed by atoms with van der Waals surface area (Å²) in [6.07, 6.45) is 2.82. The second-order valence-electron chi connectivity index (χ2n) is 7.82. The molecule has 1 saturated heterocycles. The molecule has 2 aromatic heterocycles. The molecule has 182 valence electrons. The molecule has 0 spiro atoms.